The summed E-state index contributed by atoms with van der Waals surface area (Å²) in [7, 11) is 0. The maximum absolute atomic E-state index is 12.8. The lowest BCUT2D eigenvalue weighted by molar-refractivity contribution is -0.137. The van der Waals surface area contributed by atoms with Gasteiger partial charge in [0.2, 0.25) is 0 Å². The number of nitrogens with one attached hydrogen (secondary N) is 1. The number of carbonyl (C=O) groups is 1. The van der Waals surface area contributed by atoms with Crippen molar-refractivity contribution in [1.82, 2.24) is 0 Å². The number of carbonyl (C=O) groups excluding carboxylic acids is 1. The van der Waals surface area contributed by atoms with Gasteiger partial charge in [-0.1, -0.05) is 19.9 Å². The van der Waals surface area contributed by atoms with Crippen LogP contribution >= 0.6 is 0 Å². The molecule has 2 rings (SSSR count). The Kier molecular flexibility index (Phi) is 7.45. The molecule has 0 heterocycles. The third kappa shape index (κ3) is 6.27. The Morgan fingerprint density at radius 1 is 1.14 bits per heavy atom. The molecule has 0 saturated heterocycles. The molecule has 7 heteroatoms. The minimum absolute atomic E-state index is 0.0753. The molecule has 2 aromatic carbocycles. The van der Waals surface area contributed by atoms with Crippen LogP contribution in [-0.2, 0) is 17.5 Å². The van der Waals surface area contributed by atoms with Crippen LogP contribution in [0.3, 0.4) is 0 Å². The molecule has 0 spiro atoms. The minimum atomic E-state index is -4.47. The summed E-state index contributed by atoms with van der Waals surface area (Å²) in [6.45, 7) is 7.22. The van der Waals surface area contributed by atoms with Gasteiger partial charge in [0.05, 0.1) is 18.8 Å². The van der Waals surface area contributed by atoms with E-state index in [1.165, 1.54) is 12.1 Å². The average Bonchev–Trinajstić information content (AvgIpc) is 2.62. The first-order valence-electron chi connectivity index (χ1n) is 9.02. The normalized spacial score (nSPS) is 11.5. The molecule has 1 amide bonds. The van der Waals surface area contributed by atoms with E-state index >= 15 is 0 Å². The molecule has 152 valence electrons. The second-order valence-corrected chi connectivity index (χ2v) is 6.70. The van der Waals surface area contributed by atoms with Gasteiger partial charge in [0.1, 0.15) is 5.75 Å². The zero-order chi connectivity index (χ0) is 20.7. The third-order valence-corrected chi connectivity index (χ3v) is 3.78. The van der Waals surface area contributed by atoms with Crippen molar-refractivity contribution in [2.45, 2.75) is 33.6 Å². The number of benzene rings is 2. The molecule has 2 aromatic rings. The summed E-state index contributed by atoms with van der Waals surface area (Å²) in [5, 5.41) is 2.50. The highest BCUT2D eigenvalue weighted by molar-refractivity contribution is 6.04. The summed E-state index contributed by atoms with van der Waals surface area (Å²) >= 11 is 0. The molecule has 0 saturated carbocycles. The maximum Gasteiger partial charge on any atom is 0.416 e. The van der Waals surface area contributed by atoms with Gasteiger partial charge < -0.3 is 14.8 Å². The number of amides is 1. The van der Waals surface area contributed by atoms with E-state index in [0.29, 0.717) is 36.0 Å². The molecule has 0 aliphatic heterocycles. The van der Waals surface area contributed by atoms with E-state index < -0.39 is 17.6 Å². The minimum Gasteiger partial charge on any atom is -0.494 e. The van der Waals surface area contributed by atoms with Gasteiger partial charge in [0.25, 0.3) is 5.91 Å². The molecule has 0 aromatic heterocycles. The van der Waals surface area contributed by atoms with Gasteiger partial charge in [0.15, 0.2) is 0 Å². The zero-order valence-corrected chi connectivity index (χ0v) is 16.1. The van der Waals surface area contributed by atoms with Gasteiger partial charge in [-0.2, -0.15) is 13.2 Å². The summed E-state index contributed by atoms with van der Waals surface area (Å²) in [4.78, 5) is 12.5. The predicted molar refractivity (Wildman–Crippen MR) is 102 cm³/mol. The Labute approximate surface area is 162 Å². The van der Waals surface area contributed by atoms with Crippen molar-refractivity contribution >= 4 is 11.6 Å². The van der Waals surface area contributed by atoms with Crippen molar-refractivity contribution in [3.05, 3.63) is 59.2 Å². The Hall–Kier alpha value is -2.54. The quantitative estimate of drug-likeness (QED) is 0.639. The van der Waals surface area contributed by atoms with Crippen LogP contribution in [0.15, 0.2) is 42.5 Å². The topological polar surface area (TPSA) is 47.6 Å². The van der Waals surface area contributed by atoms with Crippen molar-refractivity contribution in [3.63, 3.8) is 0 Å². The smallest absolute Gasteiger partial charge is 0.416 e. The summed E-state index contributed by atoms with van der Waals surface area (Å²) in [5.41, 5.74) is 0.272. The molecule has 0 aliphatic carbocycles. The van der Waals surface area contributed by atoms with E-state index in [1.54, 1.807) is 18.2 Å². The van der Waals surface area contributed by atoms with E-state index in [0.717, 1.165) is 12.1 Å². The average molecular weight is 395 g/mol. The van der Waals surface area contributed by atoms with Crippen LogP contribution in [0.1, 0.15) is 42.3 Å². The van der Waals surface area contributed by atoms with Crippen molar-refractivity contribution in [2.24, 2.45) is 5.92 Å². The largest absolute Gasteiger partial charge is 0.494 e. The highest BCUT2D eigenvalue weighted by atomic mass is 19.4. The van der Waals surface area contributed by atoms with Gasteiger partial charge >= 0.3 is 6.18 Å². The van der Waals surface area contributed by atoms with Crippen LogP contribution in [0.4, 0.5) is 18.9 Å². The molecule has 0 unspecified atom stereocenters. The fraction of sp³-hybridized carbons (Fsp3) is 0.381. The van der Waals surface area contributed by atoms with Crippen molar-refractivity contribution in [3.8, 4) is 5.75 Å². The number of hydrogen-bond donors (Lipinski definition) is 1. The molecule has 1 N–H and O–H groups in total. The second kappa shape index (κ2) is 9.59. The Balaban J connectivity index is 2.18. The number of hydrogen-bond acceptors (Lipinski definition) is 3. The number of ether oxygens (including phenoxy) is 2. The lowest BCUT2D eigenvalue weighted by atomic mass is 10.1. The molecule has 0 atom stereocenters. The molecule has 0 fully saturated rings. The Morgan fingerprint density at radius 2 is 1.89 bits per heavy atom. The first-order chi connectivity index (χ1) is 13.2. The fourth-order valence-electron chi connectivity index (χ4n) is 2.51. The van der Waals surface area contributed by atoms with Gasteiger partial charge in [-0.05, 0) is 49.2 Å². The van der Waals surface area contributed by atoms with E-state index in [1.807, 2.05) is 20.8 Å². The highest BCUT2D eigenvalue weighted by Gasteiger charge is 2.30. The Morgan fingerprint density at radius 3 is 2.54 bits per heavy atom. The molecule has 0 radical (unpaired) electrons. The predicted octanol–water partition coefficient (Wildman–Crippen LogP) is 5.53. The summed E-state index contributed by atoms with van der Waals surface area (Å²) in [6, 6.07) is 9.39. The van der Waals surface area contributed by atoms with Crippen molar-refractivity contribution < 1.29 is 27.4 Å². The monoisotopic (exact) mass is 395 g/mol. The van der Waals surface area contributed by atoms with Crippen LogP contribution in [-0.4, -0.2) is 19.1 Å². The van der Waals surface area contributed by atoms with Crippen LogP contribution in [0, 0.1) is 5.92 Å². The molecular weight excluding hydrogens is 371 g/mol. The molecule has 4 nitrogen and oxygen atoms in total. The number of rotatable bonds is 8. The third-order valence-electron chi connectivity index (χ3n) is 3.78. The van der Waals surface area contributed by atoms with Crippen LogP contribution in [0.2, 0.25) is 0 Å². The van der Waals surface area contributed by atoms with E-state index in [9.17, 15) is 18.0 Å². The van der Waals surface area contributed by atoms with Gasteiger partial charge in [-0.25, -0.2) is 0 Å². The van der Waals surface area contributed by atoms with Gasteiger partial charge in [-0.3, -0.25) is 4.79 Å². The lowest BCUT2D eigenvalue weighted by Crippen LogP contribution is -2.14. The van der Waals surface area contributed by atoms with E-state index in [2.05, 4.69) is 5.32 Å². The number of anilines is 1. The first kappa shape index (κ1) is 21.8. The molecule has 28 heavy (non-hydrogen) atoms. The molecule has 0 bridgehead atoms. The van der Waals surface area contributed by atoms with Crippen LogP contribution in [0.25, 0.3) is 0 Å². The van der Waals surface area contributed by atoms with E-state index in [4.69, 9.17) is 9.47 Å². The van der Waals surface area contributed by atoms with Gasteiger partial charge in [0, 0.05) is 23.4 Å². The zero-order valence-electron chi connectivity index (χ0n) is 16.1. The highest BCUT2D eigenvalue weighted by Crippen LogP contribution is 2.31. The van der Waals surface area contributed by atoms with Crippen LogP contribution in [0.5, 0.6) is 5.75 Å². The number of alkyl halides is 3. The van der Waals surface area contributed by atoms with Crippen molar-refractivity contribution in [2.75, 3.05) is 18.5 Å². The summed E-state index contributed by atoms with van der Waals surface area (Å²) < 4.78 is 49.7. The summed E-state index contributed by atoms with van der Waals surface area (Å²) in [5.74, 6) is 0.470. The first-order valence-corrected chi connectivity index (χ1v) is 9.02. The maximum atomic E-state index is 12.8. The molecular formula is C21H24F3NO3. The van der Waals surface area contributed by atoms with Crippen molar-refractivity contribution in [1.29, 1.82) is 0 Å². The standard InChI is InChI=1S/C21H24F3NO3/c1-4-28-19-9-8-15(10-16(19)13-27-12-14(2)3)20(26)25-18-7-5-6-17(11-18)21(22,23)24/h5-11,14H,4,12-13H2,1-3H3,(H,25,26). The second-order valence-electron chi connectivity index (χ2n) is 6.70. The Bertz CT molecular complexity index is 804. The number of halogens is 3. The van der Waals surface area contributed by atoms with Crippen LogP contribution < -0.4 is 10.1 Å². The fourth-order valence-corrected chi connectivity index (χ4v) is 2.51. The van der Waals surface area contributed by atoms with Gasteiger partial charge in [-0.15, -0.1) is 0 Å². The lowest BCUT2D eigenvalue weighted by Gasteiger charge is -2.14. The SMILES string of the molecule is CCOc1ccc(C(=O)Nc2cccc(C(F)(F)F)c2)cc1COCC(C)C. The summed E-state index contributed by atoms with van der Waals surface area (Å²) in [6.07, 6.45) is -4.47. The van der Waals surface area contributed by atoms with E-state index in [-0.39, 0.29) is 12.3 Å². The molecule has 0 aliphatic rings.